The molecule has 0 unspecified atom stereocenters. The Morgan fingerprint density at radius 2 is 1.60 bits per heavy atom. The zero-order valence-corrected chi connectivity index (χ0v) is 17.9. The van der Waals surface area contributed by atoms with Crippen molar-refractivity contribution >= 4 is 27.8 Å². The fourth-order valence-corrected chi connectivity index (χ4v) is 5.40. The van der Waals surface area contributed by atoms with Gasteiger partial charge in [-0.05, 0) is 23.8 Å². The molecule has 0 aliphatic carbocycles. The monoisotopic (exact) mass is 455 g/mol. The SMILES string of the molecule is O=C(NCCSCc1ccccc1F)N1CCN(S(=O)(=O)c2ccccc2F)CC1. The molecule has 1 fully saturated rings. The molecule has 10 heteroatoms. The minimum atomic E-state index is -3.93. The minimum absolute atomic E-state index is 0.103. The smallest absolute Gasteiger partial charge is 0.317 e. The predicted octanol–water partition coefficient (Wildman–Crippen LogP) is 2.91. The molecule has 1 saturated heterocycles. The van der Waals surface area contributed by atoms with Crippen molar-refractivity contribution in [2.75, 3.05) is 38.5 Å². The van der Waals surface area contributed by atoms with E-state index in [0.717, 1.165) is 6.07 Å². The van der Waals surface area contributed by atoms with Crippen LogP contribution in [-0.4, -0.2) is 62.1 Å². The number of nitrogens with one attached hydrogen (secondary N) is 1. The van der Waals surface area contributed by atoms with E-state index < -0.39 is 15.8 Å². The topological polar surface area (TPSA) is 69.7 Å². The van der Waals surface area contributed by atoms with Gasteiger partial charge in [0.25, 0.3) is 0 Å². The molecule has 0 radical (unpaired) electrons. The highest BCUT2D eigenvalue weighted by atomic mass is 32.2. The maximum atomic E-state index is 13.9. The van der Waals surface area contributed by atoms with Gasteiger partial charge in [0.15, 0.2) is 0 Å². The first-order valence-corrected chi connectivity index (χ1v) is 12.1. The van der Waals surface area contributed by atoms with Crippen molar-refractivity contribution in [2.45, 2.75) is 10.6 Å². The fraction of sp³-hybridized carbons (Fsp3) is 0.350. The maximum absolute atomic E-state index is 13.9. The molecule has 162 valence electrons. The molecule has 3 rings (SSSR count). The molecular formula is C20H23F2N3O3S2. The summed E-state index contributed by atoms with van der Waals surface area (Å²) in [4.78, 5) is 13.5. The molecule has 30 heavy (non-hydrogen) atoms. The highest BCUT2D eigenvalue weighted by molar-refractivity contribution is 7.98. The Labute approximate surface area is 179 Å². The number of carbonyl (C=O) groups excluding carboxylic acids is 1. The van der Waals surface area contributed by atoms with E-state index in [1.54, 1.807) is 18.2 Å². The number of hydrogen-bond donors (Lipinski definition) is 1. The van der Waals surface area contributed by atoms with Gasteiger partial charge in [-0.25, -0.2) is 22.0 Å². The number of piperazine rings is 1. The number of hydrogen-bond acceptors (Lipinski definition) is 4. The van der Waals surface area contributed by atoms with Gasteiger partial charge in [-0.2, -0.15) is 16.1 Å². The predicted molar refractivity (Wildman–Crippen MR) is 113 cm³/mol. The second kappa shape index (κ2) is 10.2. The molecule has 0 atom stereocenters. The van der Waals surface area contributed by atoms with E-state index >= 15 is 0 Å². The van der Waals surface area contributed by atoms with Crippen LogP contribution in [0.2, 0.25) is 0 Å². The zero-order chi connectivity index (χ0) is 21.6. The quantitative estimate of drug-likeness (QED) is 0.652. The summed E-state index contributed by atoms with van der Waals surface area (Å²) in [6.45, 7) is 1.08. The number of rotatable bonds is 7. The molecule has 0 bridgehead atoms. The van der Waals surface area contributed by atoms with E-state index in [4.69, 9.17) is 0 Å². The van der Waals surface area contributed by atoms with Crippen LogP contribution in [0.15, 0.2) is 53.4 Å². The summed E-state index contributed by atoms with van der Waals surface area (Å²) in [5, 5.41) is 2.79. The van der Waals surface area contributed by atoms with Gasteiger partial charge in [0.1, 0.15) is 16.5 Å². The van der Waals surface area contributed by atoms with Crippen LogP contribution in [-0.2, 0) is 15.8 Å². The van der Waals surface area contributed by atoms with E-state index in [0.29, 0.717) is 23.6 Å². The van der Waals surface area contributed by atoms with Crippen LogP contribution in [0.1, 0.15) is 5.56 Å². The molecule has 1 N–H and O–H groups in total. The number of nitrogens with zero attached hydrogens (tertiary/aromatic N) is 2. The van der Waals surface area contributed by atoms with E-state index in [1.807, 2.05) is 0 Å². The first kappa shape index (κ1) is 22.5. The number of benzene rings is 2. The third kappa shape index (κ3) is 5.50. The lowest BCUT2D eigenvalue weighted by molar-refractivity contribution is 0.173. The van der Waals surface area contributed by atoms with Gasteiger partial charge in [-0.1, -0.05) is 30.3 Å². The van der Waals surface area contributed by atoms with Gasteiger partial charge >= 0.3 is 6.03 Å². The van der Waals surface area contributed by atoms with Crippen molar-refractivity contribution in [1.29, 1.82) is 0 Å². The Bertz CT molecular complexity index is 981. The van der Waals surface area contributed by atoms with Gasteiger partial charge in [-0.3, -0.25) is 0 Å². The molecule has 2 aromatic rings. The zero-order valence-electron chi connectivity index (χ0n) is 16.3. The molecule has 1 aliphatic rings. The number of thioether (sulfide) groups is 1. The van der Waals surface area contributed by atoms with Gasteiger partial charge in [0, 0.05) is 44.2 Å². The maximum Gasteiger partial charge on any atom is 0.317 e. The molecule has 2 aromatic carbocycles. The summed E-state index contributed by atoms with van der Waals surface area (Å²) in [6.07, 6.45) is 0. The number of carbonyl (C=O) groups is 1. The van der Waals surface area contributed by atoms with E-state index in [-0.39, 0.29) is 42.9 Å². The third-order valence-electron chi connectivity index (χ3n) is 4.72. The van der Waals surface area contributed by atoms with Crippen molar-refractivity contribution in [1.82, 2.24) is 14.5 Å². The summed E-state index contributed by atoms with van der Waals surface area (Å²) in [5.74, 6) is 0.124. The lowest BCUT2D eigenvalue weighted by Crippen LogP contribution is -2.53. The first-order chi connectivity index (χ1) is 14.4. The van der Waals surface area contributed by atoms with Crippen LogP contribution < -0.4 is 5.32 Å². The van der Waals surface area contributed by atoms with Crippen molar-refractivity contribution < 1.29 is 22.0 Å². The highest BCUT2D eigenvalue weighted by Gasteiger charge is 2.31. The number of amides is 2. The van der Waals surface area contributed by atoms with Crippen molar-refractivity contribution in [3.63, 3.8) is 0 Å². The molecule has 0 spiro atoms. The number of urea groups is 1. The average Bonchev–Trinajstić information content (AvgIpc) is 2.75. The third-order valence-corrected chi connectivity index (χ3v) is 7.66. The Balaban J connectivity index is 1.41. The van der Waals surface area contributed by atoms with E-state index in [1.165, 1.54) is 45.2 Å². The molecule has 1 heterocycles. The van der Waals surface area contributed by atoms with Crippen LogP contribution in [0.4, 0.5) is 13.6 Å². The largest absolute Gasteiger partial charge is 0.337 e. The lowest BCUT2D eigenvalue weighted by Gasteiger charge is -2.34. The van der Waals surface area contributed by atoms with Gasteiger partial charge < -0.3 is 10.2 Å². The summed E-state index contributed by atoms with van der Waals surface area (Å²) >= 11 is 1.52. The second-order valence-electron chi connectivity index (χ2n) is 6.70. The Kier molecular flexibility index (Phi) is 7.68. The summed E-state index contributed by atoms with van der Waals surface area (Å²) in [6, 6.07) is 11.6. The molecule has 0 saturated carbocycles. The first-order valence-electron chi connectivity index (χ1n) is 9.48. The Hall–Kier alpha value is -2.17. The average molecular weight is 456 g/mol. The van der Waals surface area contributed by atoms with Crippen molar-refractivity contribution in [3.05, 3.63) is 65.7 Å². The van der Waals surface area contributed by atoms with Crippen LogP contribution in [0.5, 0.6) is 0 Å². The Morgan fingerprint density at radius 3 is 2.27 bits per heavy atom. The van der Waals surface area contributed by atoms with E-state index in [9.17, 15) is 22.0 Å². The van der Waals surface area contributed by atoms with Crippen LogP contribution in [0.3, 0.4) is 0 Å². The highest BCUT2D eigenvalue weighted by Crippen LogP contribution is 2.20. The fourth-order valence-electron chi connectivity index (χ4n) is 3.06. The molecule has 6 nitrogen and oxygen atoms in total. The molecule has 2 amide bonds. The van der Waals surface area contributed by atoms with Gasteiger partial charge in [-0.15, -0.1) is 0 Å². The van der Waals surface area contributed by atoms with Crippen molar-refractivity contribution in [2.24, 2.45) is 0 Å². The molecule has 1 aliphatic heterocycles. The summed E-state index contributed by atoms with van der Waals surface area (Å²) in [5.41, 5.74) is 0.626. The second-order valence-corrected chi connectivity index (χ2v) is 9.71. The molecule has 0 aromatic heterocycles. The lowest BCUT2D eigenvalue weighted by atomic mass is 10.2. The van der Waals surface area contributed by atoms with Crippen molar-refractivity contribution in [3.8, 4) is 0 Å². The summed E-state index contributed by atoms with van der Waals surface area (Å²) in [7, 11) is -3.93. The van der Waals surface area contributed by atoms with Crippen LogP contribution in [0.25, 0.3) is 0 Å². The Morgan fingerprint density at radius 1 is 0.967 bits per heavy atom. The normalized spacial score (nSPS) is 15.2. The molecular weight excluding hydrogens is 432 g/mol. The summed E-state index contributed by atoms with van der Waals surface area (Å²) < 4.78 is 53.8. The minimum Gasteiger partial charge on any atom is -0.337 e. The number of sulfonamides is 1. The van der Waals surface area contributed by atoms with Crippen LogP contribution in [0, 0.1) is 11.6 Å². The van der Waals surface area contributed by atoms with Crippen LogP contribution >= 0.6 is 11.8 Å². The van der Waals surface area contributed by atoms with E-state index in [2.05, 4.69) is 5.32 Å². The van der Waals surface area contributed by atoms with Gasteiger partial charge in [0.2, 0.25) is 10.0 Å². The van der Waals surface area contributed by atoms with Gasteiger partial charge in [0.05, 0.1) is 0 Å². The standard InChI is InChI=1S/C20H23F2N3O3S2/c21-17-6-2-1-5-16(17)15-29-14-9-23-20(26)24-10-12-25(13-11-24)30(27,28)19-8-4-3-7-18(19)22/h1-8H,9-15H2,(H,23,26). The number of halogens is 2.